The molecule has 2 heterocycles. The highest BCUT2D eigenvalue weighted by Gasteiger charge is 2.53. The standard InChI is InChI=1S/C7H10O6.C6H10O3/c1-2-3-7(4(8)9,5(10)11)6(12)13;1(5-3-8-5)7-2-6-4-9-6/h2-3H2,1H3,(H,8,9)(H,10,11)(H,12,13);5-6H,1-4H2. The van der Waals surface area contributed by atoms with Crippen LogP contribution >= 0.6 is 0 Å². The van der Waals surface area contributed by atoms with Crippen LogP contribution in [0.1, 0.15) is 19.8 Å². The number of hydrogen-bond donors (Lipinski definition) is 3. The van der Waals surface area contributed by atoms with E-state index in [-0.39, 0.29) is 6.42 Å². The molecule has 22 heavy (non-hydrogen) atoms. The van der Waals surface area contributed by atoms with Crippen LogP contribution in [-0.4, -0.2) is 71.9 Å². The summed E-state index contributed by atoms with van der Waals surface area (Å²) in [5.41, 5.74) is -2.70. The molecule has 9 nitrogen and oxygen atoms in total. The quantitative estimate of drug-likeness (QED) is 0.389. The minimum absolute atomic E-state index is 0.172. The first kappa shape index (κ1) is 18.3. The zero-order valence-electron chi connectivity index (χ0n) is 12.2. The number of hydrogen-bond acceptors (Lipinski definition) is 6. The van der Waals surface area contributed by atoms with Gasteiger partial charge in [0, 0.05) is 0 Å². The van der Waals surface area contributed by atoms with E-state index in [1.807, 2.05) is 0 Å². The molecule has 2 saturated heterocycles. The third-order valence-electron chi connectivity index (χ3n) is 3.13. The highest BCUT2D eigenvalue weighted by Crippen LogP contribution is 2.25. The number of carboxylic acids is 3. The van der Waals surface area contributed by atoms with Crippen molar-refractivity contribution in [3.63, 3.8) is 0 Å². The van der Waals surface area contributed by atoms with Crippen LogP contribution in [0.2, 0.25) is 0 Å². The number of carboxylic acid groups (broad SMARTS) is 3. The second-order valence-electron chi connectivity index (χ2n) is 5.02. The summed E-state index contributed by atoms with van der Waals surface area (Å²) >= 11 is 0. The molecule has 0 spiro atoms. The number of carbonyl (C=O) groups is 3. The van der Waals surface area contributed by atoms with E-state index in [2.05, 4.69) is 0 Å². The first-order valence-corrected chi connectivity index (χ1v) is 6.85. The van der Waals surface area contributed by atoms with E-state index in [4.69, 9.17) is 29.5 Å². The maximum absolute atomic E-state index is 10.5. The molecule has 2 fully saturated rings. The van der Waals surface area contributed by atoms with Crippen LogP contribution in [-0.2, 0) is 28.6 Å². The summed E-state index contributed by atoms with van der Waals surface area (Å²) in [6.45, 7) is 4.78. The molecule has 2 aliphatic rings. The summed E-state index contributed by atoms with van der Waals surface area (Å²) < 4.78 is 15.1. The Bertz CT molecular complexity index is 364. The lowest BCUT2D eigenvalue weighted by molar-refractivity contribution is -0.176. The fraction of sp³-hybridized carbons (Fsp3) is 0.769. The predicted octanol–water partition coefficient (Wildman–Crippen LogP) is -0.173. The van der Waals surface area contributed by atoms with Gasteiger partial charge in [-0.2, -0.15) is 0 Å². The fourth-order valence-corrected chi connectivity index (χ4v) is 1.63. The van der Waals surface area contributed by atoms with Crippen molar-refractivity contribution in [3.05, 3.63) is 0 Å². The van der Waals surface area contributed by atoms with Gasteiger partial charge in [-0.3, -0.25) is 14.4 Å². The van der Waals surface area contributed by atoms with E-state index in [0.717, 1.165) is 26.4 Å². The van der Waals surface area contributed by atoms with E-state index in [1.54, 1.807) is 0 Å². The molecule has 2 atom stereocenters. The molecule has 2 aliphatic heterocycles. The predicted molar refractivity (Wildman–Crippen MR) is 70.5 cm³/mol. The van der Waals surface area contributed by atoms with Crippen LogP contribution < -0.4 is 0 Å². The summed E-state index contributed by atoms with van der Waals surface area (Å²) in [7, 11) is 0. The van der Waals surface area contributed by atoms with E-state index in [1.165, 1.54) is 6.92 Å². The van der Waals surface area contributed by atoms with E-state index >= 15 is 0 Å². The molecule has 0 amide bonds. The van der Waals surface area contributed by atoms with Crippen molar-refractivity contribution in [3.8, 4) is 0 Å². The van der Waals surface area contributed by atoms with Crippen LogP contribution in [0.15, 0.2) is 0 Å². The zero-order chi connectivity index (χ0) is 16.8. The maximum atomic E-state index is 10.5. The highest BCUT2D eigenvalue weighted by molar-refractivity contribution is 6.16. The van der Waals surface area contributed by atoms with Crippen molar-refractivity contribution >= 4 is 17.9 Å². The summed E-state index contributed by atoms with van der Waals surface area (Å²) in [4.78, 5) is 31.6. The SMILES string of the molecule is C(OCC1CO1)C1CO1.CCCC(C(=O)O)(C(=O)O)C(=O)O. The Hall–Kier alpha value is -1.71. The van der Waals surface area contributed by atoms with Crippen molar-refractivity contribution in [2.45, 2.75) is 32.0 Å². The Labute approximate surface area is 126 Å². The number of epoxide rings is 2. The largest absolute Gasteiger partial charge is 0.480 e. The molecule has 0 aromatic carbocycles. The Balaban J connectivity index is 0.000000231. The molecular weight excluding hydrogens is 300 g/mol. The van der Waals surface area contributed by atoms with Crippen molar-refractivity contribution in [1.29, 1.82) is 0 Å². The molecule has 0 radical (unpaired) electrons. The summed E-state index contributed by atoms with van der Waals surface area (Å²) in [5.74, 6) is -5.52. The lowest BCUT2D eigenvalue weighted by Gasteiger charge is -2.18. The first-order valence-electron chi connectivity index (χ1n) is 6.85. The molecule has 3 N–H and O–H groups in total. The van der Waals surface area contributed by atoms with Gasteiger partial charge in [-0.25, -0.2) is 0 Å². The normalized spacial score (nSPS) is 22.2. The van der Waals surface area contributed by atoms with Crippen LogP contribution in [0.25, 0.3) is 0 Å². The highest BCUT2D eigenvalue weighted by atomic mass is 16.6. The third-order valence-corrected chi connectivity index (χ3v) is 3.13. The molecular formula is C13H20O9. The smallest absolute Gasteiger partial charge is 0.332 e. The third kappa shape index (κ3) is 5.24. The number of rotatable bonds is 9. The second-order valence-corrected chi connectivity index (χ2v) is 5.02. The molecule has 0 aliphatic carbocycles. The topological polar surface area (TPSA) is 146 Å². The zero-order valence-corrected chi connectivity index (χ0v) is 12.2. The molecule has 2 rings (SSSR count). The maximum Gasteiger partial charge on any atom is 0.332 e. The van der Waals surface area contributed by atoms with Gasteiger partial charge in [-0.05, 0) is 6.42 Å². The van der Waals surface area contributed by atoms with Crippen molar-refractivity contribution < 1.29 is 43.9 Å². The summed E-state index contributed by atoms with van der Waals surface area (Å²) in [6, 6.07) is 0. The van der Waals surface area contributed by atoms with Crippen LogP contribution in [0.5, 0.6) is 0 Å². The molecule has 0 aromatic heterocycles. The Morgan fingerprint density at radius 1 is 1.00 bits per heavy atom. The van der Waals surface area contributed by atoms with Crippen molar-refractivity contribution in [1.82, 2.24) is 0 Å². The summed E-state index contributed by atoms with van der Waals surface area (Å²) in [5, 5.41) is 25.6. The number of aliphatic carboxylic acids is 3. The van der Waals surface area contributed by atoms with Crippen molar-refractivity contribution in [2.24, 2.45) is 5.41 Å². The first-order chi connectivity index (χ1) is 10.3. The van der Waals surface area contributed by atoms with Gasteiger partial charge in [0.15, 0.2) is 0 Å². The van der Waals surface area contributed by atoms with Crippen LogP contribution in [0, 0.1) is 5.41 Å². The van der Waals surface area contributed by atoms with E-state index in [9.17, 15) is 14.4 Å². The summed E-state index contributed by atoms with van der Waals surface area (Å²) in [6.07, 6.45) is 0.533. The lowest BCUT2D eigenvalue weighted by Crippen LogP contribution is -2.46. The Morgan fingerprint density at radius 2 is 1.36 bits per heavy atom. The van der Waals surface area contributed by atoms with Gasteiger partial charge in [0.1, 0.15) is 12.2 Å². The Morgan fingerprint density at radius 3 is 1.55 bits per heavy atom. The fourth-order valence-electron chi connectivity index (χ4n) is 1.63. The van der Waals surface area contributed by atoms with E-state index < -0.39 is 29.7 Å². The van der Waals surface area contributed by atoms with Gasteiger partial charge in [-0.15, -0.1) is 0 Å². The van der Waals surface area contributed by atoms with Crippen LogP contribution in [0.3, 0.4) is 0 Å². The number of ether oxygens (including phenoxy) is 3. The van der Waals surface area contributed by atoms with Gasteiger partial charge in [0.2, 0.25) is 0 Å². The second kappa shape index (κ2) is 8.06. The minimum Gasteiger partial charge on any atom is -0.480 e. The van der Waals surface area contributed by atoms with Gasteiger partial charge in [0.05, 0.1) is 26.4 Å². The van der Waals surface area contributed by atoms with Gasteiger partial charge >= 0.3 is 17.9 Å². The Kier molecular flexibility index (Phi) is 6.72. The van der Waals surface area contributed by atoms with Gasteiger partial charge in [-0.1, -0.05) is 13.3 Å². The van der Waals surface area contributed by atoms with E-state index in [0.29, 0.717) is 12.2 Å². The monoisotopic (exact) mass is 320 g/mol. The molecule has 9 heteroatoms. The lowest BCUT2D eigenvalue weighted by atomic mass is 9.83. The van der Waals surface area contributed by atoms with Gasteiger partial charge in [0.25, 0.3) is 5.41 Å². The minimum atomic E-state index is -2.70. The molecule has 126 valence electrons. The van der Waals surface area contributed by atoms with Gasteiger partial charge < -0.3 is 29.5 Å². The van der Waals surface area contributed by atoms with Crippen molar-refractivity contribution in [2.75, 3.05) is 26.4 Å². The van der Waals surface area contributed by atoms with Crippen LogP contribution in [0.4, 0.5) is 0 Å². The molecule has 0 bridgehead atoms. The molecule has 0 saturated carbocycles. The molecule has 0 aromatic rings. The molecule has 2 unspecified atom stereocenters. The average Bonchev–Trinajstić information content (AvgIpc) is 3.29. The average molecular weight is 320 g/mol.